The molecule has 16 heavy (non-hydrogen) atoms. The molecular formula is C10H13BrFNO2S. The van der Waals surface area contributed by atoms with Gasteiger partial charge in [0.05, 0.1) is 4.90 Å². The second-order valence-electron chi connectivity index (χ2n) is 3.59. The van der Waals surface area contributed by atoms with Crippen LogP contribution in [0.4, 0.5) is 4.39 Å². The molecule has 0 heterocycles. The van der Waals surface area contributed by atoms with Crippen molar-refractivity contribution in [2.24, 2.45) is 0 Å². The zero-order valence-corrected chi connectivity index (χ0v) is 11.4. The third-order valence-corrected chi connectivity index (χ3v) is 4.73. The largest absolute Gasteiger partial charge is 0.241 e. The lowest BCUT2D eigenvalue weighted by molar-refractivity contribution is 0.567. The van der Waals surface area contributed by atoms with Crippen molar-refractivity contribution >= 4 is 26.0 Å². The first-order chi connectivity index (χ1) is 7.36. The van der Waals surface area contributed by atoms with Crippen LogP contribution in [-0.4, -0.2) is 19.8 Å². The van der Waals surface area contributed by atoms with E-state index in [1.165, 1.54) is 12.1 Å². The van der Waals surface area contributed by atoms with E-state index >= 15 is 0 Å². The van der Waals surface area contributed by atoms with Crippen LogP contribution < -0.4 is 4.72 Å². The number of benzene rings is 1. The maximum atomic E-state index is 13.0. The summed E-state index contributed by atoms with van der Waals surface area (Å²) in [4.78, 5) is -0.0136. The molecule has 1 N–H and O–H groups in total. The molecule has 90 valence electrons. The molecule has 0 aromatic heterocycles. The molecule has 1 aromatic rings. The normalized spacial score (nSPS) is 13.8. The van der Waals surface area contributed by atoms with E-state index in [9.17, 15) is 12.8 Å². The van der Waals surface area contributed by atoms with Crippen LogP contribution in [0.3, 0.4) is 0 Å². The second kappa shape index (κ2) is 5.25. The zero-order valence-electron chi connectivity index (χ0n) is 9.00. The van der Waals surface area contributed by atoms with E-state index in [4.69, 9.17) is 0 Å². The van der Waals surface area contributed by atoms with Crippen LogP contribution in [0.2, 0.25) is 0 Å². The highest BCUT2D eigenvalue weighted by atomic mass is 79.9. The van der Waals surface area contributed by atoms with Crippen LogP contribution in [0, 0.1) is 12.7 Å². The summed E-state index contributed by atoms with van der Waals surface area (Å²) in [5, 5.41) is 0.501. The third-order valence-electron chi connectivity index (χ3n) is 2.03. The second-order valence-corrected chi connectivity index (χ2v) is 5.92. The molecule has 1 atom stereocenters. The Morgan fingerprint density at radius 2 is 2.12 bits per heavy atom. The van der Waals surface area contributed by atoms with Gasteiger partial charge in [-0.25, -0.2) is 17.5 Å². The SMILES string of the molecule is Cc1ccc(F)cc1S(=O)(=O)NC(C)CBr. The standard InChI is InChI=1S/C10H13BrFNO2S/c1-7-3-4-9(12)5-10(7)16(14,15)13-8(2)6-11/h3-5,8,13H,6H2,1-2H3. The van der Waals surface area contributed by atoms with Gasteiger partial charge in [-0.3, -0.25) is 0 Å². The summed E-state index contributed by atoms with van der Waals surface area (Å²) in [6, 6.07) is 3.47. The summed E-state index contributed by atoms with van der Waals surface area (Å²) in [5.74, 6) is -0.558. The van der Waals surface area contributed by atoms with Crippen LogP contribution >= 0.6 is 15.9 Å². The minimum Gasteiger partial charge on any atom is -0.208 e. The molecule has 0 aliphatic heterocycles. The van der Waals surface area contributed by atoms with Gasteiger partial charge in [-0.05, 0) is 31.5 Å². The molecule has 1 aromatic carbocycles. The molecule has 0 bridgehead atoms. The Kier molecular flexibility index (Phi) is 4.46. The third kappa shape index (κ3) is 3.26. The number of hydrogen-bond acceptors (Lipinski definition) is 2. The first kappa shape index (κ1) is 13.6. The summed E-state index contributed by atoms with van der Waals surface area (Å²) < 4.78 is 39.2. The molecule has 0 saturated heterocycles. The molecular weight excluding hydrogens is 297 g/mol. The van der Waals surface area contributed by atoms with Crippen molar-refractivity contribution in [2.45, 2.75) is 24.8 Å². The van der Waals surface area contributed by atoms with Crippen molar-refractivity contribution in [3.05, 3.63) is 29.6 Å². The maximum Gasteiger partial charge on any atom is 0.241 e. The van der Waals surface area contributed by atoms with Crippen molar-refractivity contribution in [3.63, 3.8) is 0 Å². The van der Waals surface area contributed by atoms with Crippen LogP contribution in [0.15, 0.2) is 23.1 Å². The van der Waals surface area contributed by atoms with Crippen molar-refractivity contribution < 1.29 is 12.8 Å². The molecule has 0 amide bonds. The van der Waals surface area contributed by atoms with Gasteiger partial charge in [0.25, 0.3) is 0 Å². The highest BCUT2D eigenvalue weighted by Crippen LogP contribution is 2.16. The van der Waals surface area contributed by atoms with Crippen LogP contribution in [0.25, 0.3) is 0 Å². The average Bonchev–Trinajstić information content (AvgIpc) is 2.20. The fourth-order valence-electron chi connectivity index (χ4n) is 1.22. The number of hydrogen-bond donors (Lipinski definition) is 1. The van der Waals surface area contributed by atoms with E-state index in [0.717, 1.165) is 6.07 Å². The van der Waals surface area contributed by atoms with E-state index in [1.54, 1.807) is 13.8 Å². The molecule has 0 fully saturated rings. The molecule has 0 saturated carbocycles. The summed E-state index contributed by atoms with van der Waals surface area (Å²) in [6.45, 7) is 3.35. The Hall–Kier alpha value is -0.460. The van der Waals surface area contributed by atoms with Gasteiger partial charge in [0.15, 0.2) is 0 Å². The first-order valence-corrected chi connectivity index (χ1v) is 7.31. The van der Waals surface area contributed by atoms with Crippen molar-refractivity contribution in [3.8, 4) is 0 Å². The van der Waals surface area contributed by atoms with Gasteiger partial charge < -0.3 is 0 Å². The van der Waals surface area contributed by atoms with E-state index < -0.39 is 15.8 Å². The van der Waals surface area contributed by atoms with Crippen molar-refractivity contribution in [1.29, 1.82) is 0 Å². The summed E-state index contributed by atoms with van der Waals surface area (Å²) in [5.41, 5.74) is 0.524. The lowest BCUT2D eigenvalue weighted by atomic mass is 10.2. The molecule has 0 radical (unpaired) electrons. The fraction of sp³-hybridized carbons (Fsp3) is 0.400. The molecule has 1 rings (SSSR count). The van der Waals surface area contributed by atoms with Gasteiger partial charge >= 0.3 is 0 Å². The van der Waals surface area contributed by atoms with E-state index in [1.807, 2.05) is 0 Å². The van der Waals surface area contributed by atoms with Gasteiger partial charge in [0, 0.05) is 11.4 Å². The predicted molar refractivity (Wildman–Crippen MR) is 64.7 cm³/mol. The number of aryl methyl sites for hydroxylation is 1. The molecule has 1 unspecified atom stereocenters. The fourth-order valence-corrected chi connectivity index (χ4v) is 3.10. The van der Waals surface area contributed by atoms with Gasteiger partial charge in [0.1, 0.15) is 5.82 Å². The smallest absolute Gasteiger partial charge is 0.208 e. The van der Waals surface area contributed by atoms with Crippen LogP contribution in [0.1, 0.15) is 12.5 Å². The molecule has 0 spiro atoms. The molecule has 3 nitrogen and oxygen atoms in total. The minimum atomic E-state index is -3.64. The average molecular weight is 310 g/mol. The molecule has 0 aliphatic rings. The van der Waals surface area contributed by atoms with Gasteiger partial charge in [0.2, 0.25) is 10.0 Å². The number of sulfonamides is 1. The van der Waals surface area contributed by atoms with Crippen molar-refractivity contribution in [2.75, 3.05) is 5.33 Å². The first-order valence-electron chi connectivity index (χ1n) is 4.71. The quantitative estimate of drug-likeness (QED) is 0.867. The Morgan fingerprint density at radius 3 is 2.69 bits per heavy atom. The summed E-state index contributed by atoms with van der Waals surface area (Å²) in [6.07, 6.45) is 0. The highest BCUT2D eigenvalue weighted by molar-refractivity contribution is 9.09. The van der Waals surface area contributed by atoms with Crippen molar-refractivity contribution in [1.82, 2.24) is 4.72 Å². The minimum absolute atomic E-state index is 0.0136. The monoisotopic (exact) mass is 309 g/mol. The predicted octanol–water partition coefficient (Wildman–Crippen LogP) is 2.20. The van der Waals surface area contributed by atoms with Gasteiger partial charge in [-0.2, -0.15) is 0 Å². The Balaban J connectivity index is 3.12. The number of halogens is 2. The van der Waals surface area contributed by atoms with Crippen LogP contribution in [0.5, 0.6) is 0 Å². The summed E-state index contributed by atoms with van der Waals surface area (Å²) in [7, 11) is -3.64. The molecule has 0 aliphatic carbocycles. The van der Waals surface area contributed by atoms with Crippen LogP contribution in [-0.2, 0) is 10.0 Å². The molecule has 6 heteroatoms. The number of rotatable bonds is 4. The van der Waals surface area contributed by atoms with E-state index in [-0.39, 0.29) is 10.9 Å². The number of alkyl halides is 1. The van der Waals surface area contributed by atoms with Gasteiger partial charge in [-0.15, -0.1) is 0 Å². The Morgan fingerprint density at radius 1 is 1.50 bits per heavy atom. The Bertz CT molecular complexity index is 476. The zero-order chi connectivity index (χ0) is 12.3. The Labute approximate surface area is 103 Å². The van der Waals surface area contributed by atoms with E-state index in [0.29, 0.717) is 10.9 Å². The summed E-state index contributed by atoms with van der Waals surface area (Å²) >= 11 is 3.17. The lowest BCUT2D eigenvalue weighted by Crippen LogP contribution is -2.34. The van der Waals surface area contributed by atoms with E-state index in [2.05, 4.69) is 20.7 Å². The number of nitrogens with one attached hydrogen (secondary N) is 1. The lowest BCUT2D eigenvalue weighted by Gasteiger charge is -2.13. The maximum absolute atomic E-state index is 13.0. The highest BCUT2D eigenvalue weighted by Gasteiger charge is 2.19. The topological polar surface area (TPSA) is 46.2 Å². The van der Waals surface area contributed by atoms with Gasteiger partial charge in [-0.1, -0.05) is 22.0 Å².